The molecular weight excluding hydrogens is 1150 g/mol. The summed E-state index contributed by atoms with van der Waals surface area (Å²) in [4.78, 5) is 42.9. The standard InChI is InChI=1S/C68H103NO20/c1-15-16-42-17-18-43-25-35(6)58(88-54-30-66(13,78)62(40(11)83-54)69-41(12)70)33(4)23-31(2)45-20-19-44-56(67(45,14)63(75)55-64(76)68(43,29-42)89-65(55)77)32(3)24-34(5)59(44)85-53-28-49(84-50-22-21-46(71)36(7)79-50)61(39(10)82-53)87-52-27-48(73)60(38(9)81-52)86-51-26-47(72)57(74)37(8)80-51/h17-20,23,25,32-34,36-40,42-54,56-62,71-75,78H,15-16,21-22,24,26-30H2,1-14H3,(H,69,70)/t32?,33?,34?,36?,37?,38?,39?,40?,42?,43?,44?,45?,46?,47?,48?,49?,50?,51?,52?,53?,54?,56?,57?,58?,59?,60?,61?,62?,66-,67+,68-/m0/s1. The summed E-state index contributed by atoms with van der Waals surface area (Å²) in [5.41, 5.74) is -3.02. The molecule has 4 aliphatic carbocycles. The number of fused-ring (bicyclic) bond motifs is 4. The van der Waals surface area contributed by atoms with Crippen LogP contribution in [0.2, 0.25) is 0 Å². The smallest absolute Gasteiger partial charge is 0.346 e. The first-order valence-electron chi connectivity index (χ1n) is 33.2. The van der Waals surface area contributed by atoms with Gasteiger partial charge in [0.2, 0.25) is 11.7 Å². The largest absolute Gasteiger partial charge is 0.511 e. The zero-order chi connectivity index (χ0) is 64.5. The van der Waals surface area contributed by atoms with Crippen LogP contribution in [0.5, 0.6) is 0 Å². The molecule has 0 aromatic heterocycles. The Bertz CT molecular complexity index is 2690. The third kappa shape index (κ3) is 13.6. The maximum Gasteiger partial charge on any atom is 0.346 e. The molecule has 31 atom stereocenters. The van der Waals surface area contributed by atoms with Crippen molar-refractivity contribution in [1.82, 2.24) is 5.32 Å². The number of carbonyl (C=O) groups excluding carboxylic acids is 3. The molecule has 0 radical (unpaired) electrons. The molecule has 0 aromatic carbocycles. The number of ether oxygens (including phenoxy) is 11. The van der Waals surface area contributed by atoms with E-state index in [9.17, 15) is 40.2 Å². The van der Waals surface area contributed by atoms with E-state index in [0.717, 1.165) is 24.0 Å². The SMILES string of the molecule is CCCC1C=CC2C=C(C)C(OC3C[C@](C)(O)C(NC(C)=O)C(C)O3)C(C)C=C(C)C3C=CC4C(OC5CC(OC6CCC(O)C(C)O6)C(OC6CC(O)C(OC7CC(O)C(O)C(C)O7)C(C)O6)C(C)O5)C(C)CC(C)C4[C@]3(C)C(O)=C3C(=O)O[C@]2(C1)C3=O. The highest BCUT2D eigenvalue weighted by atomic mass is 16.8. The van der Waals surface area contributed by atoms with E-state index in [4.69, 9.17) is 52.1 Å². The fourth-order valence-corrected chi connectivity index (χ4v) is 17.3. The van der Waals surface area contributed by atoms with Gasteiger partial charge in [-0.25, -0.2) is 4.79 Å². The van der Waals surface area contributed by atoms with Gasteiger partial charge in [-0.05, 0) is 104 Å². The number of nitrogens with one attached hydrogen (secondary N) is 1. The normalized spacial score (nSPS) is 49.6. The molecule has 6 aliphatic heterocycles. The van der Waals surface area contributed by atoms with Gasteiger partial charge < -0.3 is 88.1 Å². The lowest BCUT2D eigenvalue weighted by Gasteiger charge is -2.57. The number of rotatable bonds is 13. The molecule has 89 heavy (non-hydrogen) atoms. The molecule has 28 unspecified atom stereocenters. The Hall–Kier alpha value is -3.49. The van der Waals surface area contributed by atoms with Crippen LogP contribution in [0.15, 0.2) is 58.9 Å². The van der Waals surface area contributed by atoms with Crippen molar-refractivity contribution in [3.05, 3.63) is 58.9 Å². The van der Waals surface area contributed by atoms with Gasteiger partial charge >= 0.3 is 5.97 Å². The highest BCUT2D eigenvalue weighted by Gasteiger charge is 2.64. The summed E-state index contributed by atoms with van der Waals surface area (Å²) in [6.07, 6.45) is 1.45. The van der Waals surface area contributed by atoms with E-state index >= 15 is 4.79 Å². The van der Waals surface area contributed by atoms with Gasteiger partial charge in [-0.15, -0.1) is 0 Å². The molecule has 6 heterocycles. The molecule has 7 fully saturated rings. The van der Waals surface area contributed by atoms with Crippen molar-refractivity contribution in [2.75, 3.05) is 0 Å². The van der Waals surface area contributed by atoms with Crippen molar-refractivity contribution >= 4 is 17.7 Å². The highest BCUT2D eigenvalue weighted by molar-refractivity contribution is 6.26. The van der Waals surface area contributed by atoms with E-state index in [1.165, 1.54) is 6.92 Å². The first kappa shape index (κ1) is 68.4. The number of hydrogen-bond donors (Lipinski definition) is 7. The molecule has 10 rings (SSSR count). The Balaban J connectivity index is 0.961. The lowest BCUT2D eigenvalue weighted by Crippen LogP contribution is -2.62. The quantitative estimate of drug-likeness (QED) is 0.0556. The molecule has 21 heteroatoms. The number of allylic oxidation sites excluding steroid dienone is 4. The molecule has 1 saturated carbocycles. The summed E-state index contributed by atoms with van der Waals surface area (Å²) in [5, 5.41) is 71.0. The summed E-state index contributed by atoms with van der Waals surface area (Å²) < 4.78 is 72.3. The maximum atomic E-state index is 15.8. The lowest BCUT2D eigenvalue weighted by molar-refractivity contribution is -0.351. The topological polar surface area (TPSA) is 286 Å². The first-order chi connectivity index (χ1) is 41.9. The summed E-state index contributed by atoms with van der Waals surface area (Å²) in [5.74, 6) is -4.60. The highest BCUT2D eigenvalue weighted by Crippen LogP contribution is 2.61. The van der Waals surface area contributed by atoms with Gasteiger partial charge in [0.15, 0.2) is 37.1 Å². The van der Waals surface area contributed by atoms with Crippen molar-refractivity contribution in [2.45, 2.75) is 295 Å². The van der Waals surface area contributed by atoms with E-state index in [1.54, 1.807) is 34.6 Å². The van der Waals surface area contributed by atoms with Gasteiger partial charge in [0.25, 0.3) is 0 Å². The van der Waals surface area contributed by atoms with Gasteiger partial charge in [-0.2, -0.15) is 0 Å². The molecule has 1 amide bonds. The Morgan fingerprint density at radius 1 is 0.652 bits per heavy atom. The number of hydrogen-bond acceptors (Lipinski definition) is 20. The Labute approximate surface area is 525 Å². The van der Waals surface area contributed by atoms with Gasteiger partial charge in [-0.3, -0.25) is 9.59 Å². The van der Waals surface area contributed by atoms with Crippen LogP contribution < -0.4 is 5.32 Å². The summed E-state index contributed by atoms with van der Waals surface area (Å²) in [6.45, 7) is 26.3. The second-order valence-corrected chi connectivity index (χ2v) is 28.7. The molecule has 10 aliphatic rings. The van der Waals surface area contributed by atoms with Crippen molar-refractivity contribution < 1.29 is 97.1 Å². The van der Waals surface area contributed by atoms with Crippen LogP contribution in [-0.2, 0) is 66.5 Å². The molecule has 7 N–H and O–H groups in total. The number of ketones is 1. The molecule has 500 valence electrons. The van der Waals surface area contributed by atoms with Crippen molar-refractivity contribution in [1.29, 1.82) is 0 Å². The van der Waals surface area contributed by atoms with E-state index in [1.807, 2.05) is 39.8 Å². The minimum Gasteiger partial charge on any atom is -0.511 e. The molecule has 2 bridgehead atoms. The van der Waals surface area contributed by atoms with Crippen LogP contribution in [0.25, 0.3) is 0 Å². The van der Waals surface area contributed by atoms with Gasteiger partial charge in [0, 0.05) is 74.5 Å². The first-order valence-corrected chi connectivity index (χ1v) is 33.2. The van der Waals surface area contributed by atoms with Crippen molar-refractivity contribution in [3.63, 3.8) is 0 Å². The van der Waals surface area contributed by atoms with Crippen LogP contribution in [0.3, 0.4) is 0 Å². The Kier molecular flexibility index (Phi) is 20.8. The van der Waals surface area contributed by atoms with E-state index in [0.29, 0.717) is 19.3 Å². The van der Waals surface area contributed by atoms with Crippen molar-refractivity contribution in [2.24, 2.45) is 52.8 Å². The fraction of sp³-hybridized carbons (Fsp3) is 0.809. The molecule has 6 saturated heterocycles. The second kappa shape index (κ2) is 27.1. The van der Waals surface area contributed by atoms with Gasteiger partial charge in [-0.1, -0.05) is 83.1 Å². The van der Waals surface area contributed by atoms with E-state index < -0.39 is 169 Å². The van der Waals surface area contributed by atoms with Crippen LogP contribution >= 0.6 is 0 Å². The average Bonchev–Trinajstić information content (AvgIpc) is 1.70. The molecule has 1 spiro atoms. The molecule has 0 aromatic rings. The number of esters is 1. The summed E-state index contributed by atoms with van der Waals surface area (Å²) in [6, 6.07) is -0.687. The number of carbonyl (C=O) groups is 3. The average molecular weight is 1250 g/mol. The zero-order valence-corrected chi connectivity index (χ0v) is 54.6. The minimum atomic E-state index is -1.66. The molecule has 21 nitrogen and oxygen atoms in total. The van der Waals surface area contributed by atoms with Gasteiger partial charge in [0.05, 0.1) is 78.8 Å². The van der Waals surface area contributed by atoms with Crippen molar-refractivity contribution in [3.8, 4) is 0 Å². The van der Waals surface area contributed by atoms with Crippen LogP contribution in [-0.4, -0.2) is 182 Å². The summed E-state index contributed by atoms with van der Waals surface area (Å²) in [7, 11) is 0. The second-order valence-electron chi connectivity index (χ2n) is 28.7. The third-order valence-corrected chi connectivity index (χ3v) is 21.7. The maximum absolute atomic E-state index is 15.8. The predicted molar refractivity (Wildman–Crippen MR) is 322 cm³/mol. The van der Waals surface area contributed by atoms with Crippen LogP contribution in [0.1, 0.15) is 161 Å². The number of Topliss-reactive ketones (excluding diaryl/α,β-unsaturated/α-hetero) is 1. The Morgan fingerprint density at radius 2 is 1.28 bits per heavy atom. The van der Waals surface area contributed by atoms with Crippen LogP contribution in [0, 0.1) is 52.8 Å². The monoisotopic (exact) mass is 1250 g/mol. The lowest BCUT2D eigenvalue weighted by atomic mass is 9.49. The number of aliphatic hydroxyl groups excluding tert-OH is 5. The van der Waals surface area contributed by atoms with Crippen LogP contribution in [0.4, 0.5) is 0 Å². The zero-order valence-electron chi connectivity index (χ0n) is 54.6. The Morgan fingerprint density at radius 3 is 1.93 bits per heavy atom. The fourth-order valence-electron chi connectivity index (χ4n) is 17.3. The minimum absolute atomic E-state index is 0.0209. The van der Waals surface area contributed by atoms with E-state index in [2.05, 4.69) is 57.3 Å². The number of amides is 1. The van der Waals surface area contributed by atoms with Gasteiger partial charge in [0.1, 0.15) is 29.6 Å². The predicted octanol–water partition coefficient (Wildman–Crippen LogP) is 6.99. The number of aliphatic hydroxyl groups is 6. The molecular formula is C68H103NO20. The summed E-state index contributed by atoms with van der Waals surface area (Å²) >= 11 is 0. The van der Waals surface area contributed by atoms with E-state index in [-0.39, 0.29) is 78.9 Å². The third-order valence-electron chi connectivity index (χ3n) is 21.7.